The average Bonchev–Trinajstić information content (AvgIpc) is 3.61. The first kappa shape index (κ1) is 33.1. The predicted octanol–water partition coefficient (Wildman–Crippen LogP) is 3.05. The summed E-state index contributed by atoms with van der Waals surface area (Å²) < 4.78 is 22.9. The van der Waals surface area contributed by atoms with Gasteiger partial charge >= 0.3 is 17.9 Å². The zero-order valence-corrected chi connectivity index (χ0v) is 24.8. The molecule has 1 aliphatic carbocycles. The van der Waals surface area contributed by atoms with Gasteiger partial charge in [-0.1, -0.05) is 24.8 Å². The zero-order valence-electron chi connectivity index (χ0n) is 24.8. The molecule has 1 heterocycles. The molecule has 0 aromatic carbocycles. The van der Waals surface area contributed by atoms with E-state index in [1.807, 2.05) is 0 Å². The molecule has 0 bridgehead atoms. The highest BCUT2D eigenvalue weighted by molar-refractivity contribution is 5.99. The second-order valence-electron chi connectivity index (χ2n) is 11.0. The first-order valence-electron chi connectivity index (χ1n) is 13.3. The molecule has 2 rings (SSSR count). The normalized spacial score (nSPS) is 28.7. The van der Waals surface area contributed by atoms with Crippen LogP contribution in [0.3, 0.4) is 0 Å². The molecule has 0 amide bonds. The van der Waals surface area contributed by atoms with Gasteiger partial charge in [-0.15, -0.1) is 0 Å². The van der Waals surface area contributed by atoms with Crippen LogP contribution in [0, 0.1) is 5.92 Å². The molecule has 0 radical (unpaired) electrons. The number of fused-ring (bicyclic) bond motifs is 1. The first-order valence-corrected chi connectivity index (χ1v) is 13.3. The fourth-order valence-electron chi connectivity index (χ4n) is 4.26. The van der Waals surface area contributed by atoms with Crippen molar-refractivity contribution in [2.75, 3.05) is 0 Å². The van der Waals surface area contributed by atoms with Crippen LogP contribution in [0.2, 0.25) is 0 Å². The Bertz CT molecular complexity index is 1140. The maximum atomic E-state index is 13.6. The number of carbonyl (C=O) groups excluding carboxylic acids is 4. The number of Topliss-reactive ketones (excluding diaryl/α,β-unsaturated/α-hetero) is 1. The Kier molecular flexibility index (Phi) is 10.4. The smallest absolute Gasteiger partial charge is 0.334 e. The summed E-state index contributed by atoms with van der Waals surface area (Å²) in [5, 5.41) is 21.1. The van der Waals surface area contributed by atoms with Gasteiger partial charge in [0.15, 0.2) is 11.7 Å². The average molecular weight is 563 g/mol. The number of carbonyl (C=O) groups is 4. The molecule has 40 heavy (non-hydrogen) atoms. The maximum Gasteiger partial charge on any atom is 0.334 e. The predicted molar refractivity (Wildman–Crippen MR) is 146 cm³/mol. The van der Waals surface area contributed by atoms with E-state index in [4.69, 9.17) is 18.9 Å². The SMILES string of the molecule is C=C(C(CC(O)C(C)(C)O)OC(=O)C(C)=CC)C1C(OC(=O)C(C)=CC)C(=O)C2(C)OC2C1OC(=O)C(C)=CC. The maximum absolute atomic E-state index is 13.6. The minimum atomic E-state index is -1.58. The molecule has 2 aliphatic rings. The number of epoxide rings is 1. The van der Waals surface area contributed by atoms with Crippen LogP contribution in [0.1, 0.15) is 68.7 Å². The number of hydrogen-bond acceptors (Lipinski definition) is 10. The summed E-state index contributed by atoms with van der Waals surface area (Å²) in [6.07, 6.45) is -1.86. The topological polar surface area (TPSA) is 149 Å². The molecule has 1 aliphatic heterocycles. The summed E-state index contributed by atoms with van der Waals surface area (Å²) in [6, 6.07) is 0. The molecule has 1 saturated heterocycles. The fraction of sp³-hybridized carbons (Fsp3) is 0.600. The van der Waals surface area contributed by atoms with Crippen LogP contribution >= 0.6 is 0 Å². The molecule has 0 aromatic rings. The third kappa shape index (κ3) is 6.97. The second kappa shape index (κ2) is 12.6. The third-order valence-electron chi connectivity index (χ3n) is 7.67. The van der Waals surface area contributed by atoms with Crippen LogP contribution in [0.15, 0.2) is 47.1 Å². The summed E-state index contributed by atoms with van der Waals surface area (Å²) >= 11 is 0. The number of esters is 3. The van der Waals surface area contributed by atoms with Crippen molar-refractivity contribution in [2.24, 2.45) is 5.92 Å². The molecule has 2 fully saturated rings. The molecule has 10 heteroatoms. The van der Waals surface area contributed by atoms with Gasteiger partial charge in [0.25, 0.3) is 0 Å². The Morgan fingerprint density at radius 3 is 1.95 bits per heavy atom. The van der Waals surface area contributed by atoms with Gasteiger partial charge in [-0.05, 0) is 67.9 Å². The quantitative estimate of drug-likeness (QED) is 0.126. The molecule has 0 aromatic heterocycles. The van der Waals surface area contributed by atoms with Crippen LogP contribution in [0.5, 0.6) is 0 Å². The van der Waals surface area contributed by atoms with Crippen molar-refractivity contribution in [2.45, 2.75) is 110 Å². The van der Waals surface area contributed by atoms with Gasteiger partial charge in [0.05, 0.1) is 17.6 Å². The van der Waals surface area contributed by atoms with Crippen molar-refractivity contribution in [1.82, 2.24) is 0 Å². The number of rotatable bonds is 11. The Labute approximate surface area is 235 Å². The highest BCUT2D eigenvalue weighted by Gasteiger charge is 2.72. The number of ether oxygens (including phenoxy) is 4. The highest BCUT2D eigenvalue weighted by atomic mass is 16.7. The van der Waals surface area contributed by atoms with Gasteiger partial charge in [0, 0.05) is 23.1 Å². The lowest BCUT2D eigenvalue weighted by atomic mass is 9.72. The summed E-state index contributed by atoms with van der Waals surface area (Å²) in [4.78, 5) is 52.2. The van der Waals surface area contributed by atoms with Crippen molar-refractivity contribution >= 4 is 23.7 Å². The van der Waals surface area contributed by atoms with Gasteiger partial charge < -0.3 is 29.2 Å². The minimum absolute atomic E-state index is 0.0540. The molecular weight excluding hydrogens is 520 g/mol. The molecule has 7 atom stereocenters. The van der Waals surface area contributed by atoms with Crippen molar-refractivity contribution in [3.8, 4) is 0 Å². The van der Waals surface area contributed by atoms with E-state index in [1.165, 1.54) is 46.8 Å². The van der Waals surface area contributed by atoms with E-state index in [-0.39, 0.29) is 23.1 Å². The molecular formula is C30H42O10. The van der Waals surface area contributed by atoms with E-state index >= 15 is 0 Å². The van der Waals surface area contributed by atoms with Gasteiger partial charge in [0.1, 0.15) is 18.3 Å². The summed E-state index contributed by atoms with van der Waals surface area (Å²) in [5.74, 6) is -3.93. The van der Waals surface area contributed by atoms with E-state index in [1.54, 1.807) is 33.8 Å². The fourth-order valence-corrected chi connectivity index (χ4v) is 4.26. The molecule has 10 nitrogen and oxygen atoms in total. The molecule has 1 saturated carbocycles. The standard InChI is InChI=1S/C30H42O10/c1-11-15(4)26(33)37-19(14-20(31)29(8,9)36)18(7)21-22(38-27(34)16(5)12-2)24(32)30(10)25(40-30)23(21)39-28(35)17(6)13-3/h11-13,19-23,25,31,36H,7,14H2,1-6,8-10H3. The van der Waals surface area contributed by atoms with Gasteiger partial charge in [-0.2, -0.15) is 0 Å². The monoisotopic (exact) mass is 562 g/mol. The van der Waals surface area contributed by atoms with E-state index in [0.717, 1.165) is 0 Å². The Morgan fingerprint density at radius 2 is 1.48 bits per heavy atom. The third-order valence-corrected chi connectivity index (χ3v) is 7.67. The number of hydrogen-bond donors (Lipinski definition) is 2. The van der Waals surface area contributed by atoms with Crippen molar-refractivity contribution in [1.29, 1.82) is 0 Å². The lowest BCUT2D eigenvalue weighted by Gasteiger charge is -2.39. The van der Waals surface area contributed by atoms with Crippen molar-refractivity contribution in [3.05, 3.63) is 47.1 Å². The van der Waals surface area contributed by atoms with Crippen LogP contribution in [-0.2, 0) is 38.1 Å². The summed E-state index contributed by atoms with van der Waals surface area (Å²) in [7, 11) is 0. The molecule has 2 N–H and O–H groups in total. The van der Waals surface area contributed by atoms with E-state index in [9.17, 15) is 29.4 Å². The number of aliphatic hydroxyl groups excluding tert-OH is 1. The lowest BCUT2D eigenvalue weighted by molar-refractivity contribution is -0.167. The van der Waals surface area contributed by atoms with Crippen molar-refractivity contribution in [3.63, 3.8) is 0 Å². The molecule has 222 valence electrons. The largest absolute Gasteiger partial charge is 0.455 e. The lowest BCUT2D eigenvalue weighted by Crippen LogP contribution is -2.57. The highest BCUT2D eigenvalue weighted by Crippen LogP contribution is 2.52. The molecule has 7 unspecified atom stereocenters. The van der Waals surface area contributed by atoms with E-state index in [0.29, 0.717) is 5.57 Å². The van der Waals surface area contributed by atoms with Crippen LogP contribution in [0.25, 0.3) is 0 Å². The Balaban J connectivity index is 2.65. The van der Waals surface area contributed by atoms with Crippen LogP contribution in [0.4, 0.5) is 0 Å². The van der Waals surface area contributed by atoms with Gasteiger partial charge in [0.2, 0.25) is 5.78 Å². The number of allylic oxidation sites excluding steroid dienone is 3. The van der Waals surface area contributed by atoms with Crippen molar-refractivity contribution < 1.29 is 48.3 Å². The Hall–Kier alpha value is -3.08. The van der Waals surface area contributed by atoms with Gasteiger partial charge in [-0.25, -0.2) is 14.4 Å². The first-order chi connectivity index (χ1) is 18.4. The minimum Gasteiger partial charge on any atom is -0.455 e. The number of aliphatic hydroxyl groups is 2. The van der Waals surface area contributed by atoms with E-state index < -0.39 is 71.3 Å². The second-order valence-corrected chi connectivity index (χ2v) is 11.0. The van der Waals surface area contributed by atoms with Gasteiger partial charge in [-0.3, -0.25) is 4.79 Å². The summed E-state index contributed by atoms with van der Waals surface area (Å²) in [6.45, 7) is 18.0. The summed E-state index contributed by atoms with van der Waals surface area (Å²) in [5.41, 5.74) is -2.09. The number of ketones is 1. The zero-order chi connectivity index (χ0) is 30.7. The Morgan fingerprint density at radius 1 is 1.00 bits per heavy atom. The van der Waals surface area contributed by atoms with Crippen LogP contribution in [-0.4, -0.2) is 75.6 Å². The van der Waals surface area contributed by atoms with Crippen LogP contribution < -0.4 is 0 Å². The molecule has 0 spiro atoms. The van der Waals surface area contributed by atoms with E-state index in [2.05, 4.69) is 6.58 Å².